The lowest BCUT2D eigenvalue weighted by molar-refractivity contribution is 0.0613. The van der Waals surface area contributed by atoms with Crippen molar-refractivity contribution in [1.82, 2.24) is 9.78 Å². The smallest absolute Gasteiger partial charge is 0.254 e. The van der Waals surface area contributed by atoms with E-state index in [1.54, 1.807) is 10.9 Å². The van der Waals surface area contributed by atoms with Crippen molar-refractivity contribution in [2.24, 2.45) is 11.7 Å². The van der Waals surface area contributed by atoms with Crippen LogP contribution in [-0.2, 0) is 0 Å². The normalized spacial score (nSPS) is 23.4. The van der Waals surface area contributed by atoms with Gasteiger partial charge < -0.3 is 16.2 Å². The van der Waals surface area contributed by atoms with Gasteiger partial charge in [0.1, 0.15) is 5.56 Å². The monoisotopic (exact) mass is 325 g/mol. The van der Waals surface area contributed by atoms with Crippen LogP contribution < -0.4 is 11.1 Å². The number of para-hydroxylation sites is 1. The summed E-state index contributed by atoms with van der Waals surface area (Å²) in [5.74, 6) is -0.793. The second kappa shape index (κ2) is 6.72. The molecule has 1 aromatic carbocycles. The topological polar surface area (TPSA) is 117 Å². The third-order valence-electron chi connectivity index (χ3n) is 4.35. The molecule has 0 bridgehead atoms. The minimum Gasteiger partial charge on any atom is -0.392 e. The number of amides is 1. The van der Waals surface area contributed by atoms with Crippen LogP contribution in [0.15, 0.2) is 36.5 Å². The number of rotatable bonds is 4. The van der Waals surface area contributed by atoms with Crippen molar-refractivity contribution in [3.63, 3.8) is 0 Å². The first kappa shape index (κ1) is 16.0. The van der Waals surface area contributed by atoms with Crippen LogP contribution in [0, 0.1) is 17.2 Å². The Labute approximate surface area is 139 Å². The molecule has 2 aromatic rings. The summed E-state index contributed by atoms with van der Waals surface area (Å²) in [6.45, 7) is 0. The third-order valence-corrected chi connectivity index (χ3v) is 4.35. The van der Waals surface area contributed by atoms with E-state index in [0.29, 0.717) is 12.2 Å². The molecule has 7 nitrogen and oxygen atoms in total. The van der Waals surface area contributed by atoms with Gasteiger partial charge in [-0.2, -0.15) is 10.4 Å². The molecule has 1 amide bonds. The number of carbonyl (C=O) groups excluding carboxylic acids is 1. The average molecular weight is 325 g/mol. The summed E-state index contributed by atoms with van der Waals surface area (Å²) < 4.78 is 1.58. The highest BCUT2D eigenvalue weighted by atomic mass is 16.3. The van der Waals surface area contributed by atoms with Crippen LogP contribution in [0.3, 0.4) is 0 Å². The molecule has 4 N–H and O–H groups in total. The van der Waals surface area contributed by atoms with Gasteiger partial charge in [0, 0.05) is 11.9 Å². The van der Waals surface area contributed by atoms with Crippen LogP contribution in [-0.4, -0.2) is 26.9 Å². The molecule has 1 aromatic heterocycles. The molecule has 1 heterocycles. The SMILES string of the molecule is N#C[C@@H]1C(n2cc(C(N)=O)c(Nc3ccccc3)n2)CCC[C@H]1O. The fraction of sp³-hybridized carbons (Fsp3) is 0.353. The number of aromatic nitrogens is 2. The number of nitriles is 1. The van der Waals surface area contributed by atoms with E-state index in [2.05, 4.69) is 16.5 Å². The van der Waals surface area contributed by atoms with Crippen LogP contribution in [0.2, 0.25) is 0 Å². The van der Waals surface area contributed by atoms with E-state index in [1.165, 1.54) is 0 Å². The minimum atomic E-state index is -0.680. The van der Waals surface area contributed by atoms with Gasteiger partial charge in [-0.15, -0.1) is 0 Å². The zero-order chi connectivity index (χ0) is 17.1. The number of anilines is 2. The number of hydrogen-bond acceptors (Lipinski definition) is 5. The molecule has 0 spiro atoms. The molecule has 3 rings (SSSR count). The Morgan fingerprint density at radius 3 is 2.79 bits per heavy atom. The number of nitrogens with zero attached hydrogens (tertiary/aromatic N) is 3. The maximum absolute atomic E-state index is 11.7. The van der Waals surface area contributed by atoms with Gasteiger partial charge in [-0.05, 0) is 31.4 Å². The molecule has 1 aliphatic carbocycles. The summed E-state index contributed by atoms with van der Waals surface area (Å²) in [5.41, 5.74) is 6.50. The number of benzene rings is 1. The summed E-state index contributed by atoms with van der Waals surface area (Å²) >= 11 is 0. The van der Waals surface area contributed by atoms with Crippen LogP contribution in [0.4, 0.5) is 11.5 Å². The summed E-state index contributed by atoms with van der Waals surface area (Å²) in [6.07, 6.45) is 3.01. The lowest BCUT2D eigenvalue weighted by atomic mass is 9.83. The summed E-state index contributed by atoms with van der Waals surface area (Å²) in [7, 11) is 0. The number of nitrogens with two attached hydrogens (primary N) is 1. The Morgan fingerprint density at radius 1 is 1.38 bits per heavy atom. The molecule has 1 aliphatic rings. The summed E-state index contributed by atoms with van der Waals surface area (Å²) in [6, 6.07) is 11.2. The van der Waals surface area contributed by atoms with E-state index < -0.39 is 17.9 Å². The van der Waals surface area contributed by atoms with Crippen molar-refractivity contribution < 1.29 is 9.90 Å². The zero-order valence-electron chi connectivity index (χ0n) is 13.1. The maximum Gasteiger partial charge on any atom is 0.254 e. The van der Waals surface area contributed by atoms with Crippen molar-refractivity contribution >= 4 is 17.4 Å². The number of hydrogen-bond donors (Lipinski definition) is 3. The van der Waals surface area contributed by atoms with E-state index in [9.17, 15) is 15.2 Å². The second-order valence-electron chi connectivity index (χ2n) is 5.95. The molecule has 1 fully saturated rings. The third kappa shape index (κ3) is 3.09. The highest BCUT2D eigenvalue weighted by Crippen LogP contribution is 2.34. The molecule has 1 unspecified atom stereocenters. The fourth-order valence-electron chi connectivity index (χ4n) is 3.11. The van der Waals surface area contributed by atoms with Gasteiger partial charge in [0.15, 0.2) is 5.82 Å². The number of carbonyl (C=O) groups is 1. The molecule has 3 atom stereocenters. The number of nitrogens with one attached hydrogen (secondary N) is 1. The molecule has 0 aliphatic heterocycles. The highest BCUT2D eigenvalue weighted by Gasteiger charge is 2.34. The second-order valence-corrected chi connectivity index (χ2v) is 5.95. The van der Waals surface area contributed by atoms with E-state index in [1.807, 2.05) is 30.3 Å². The molecule has 124 valence electrons. The Hall–Kier alpha value is -2.85. The molecule has 0 saturated heterocycles. The zero-order valence-corrected chi connectivity index (χ0v) is 13.1. The molecular weight excluding hydrogens is 306 g/mol. The number of primary amides is 1. The predicted octanol–water partition coefficient (Wildman–Crippen LogP) is 1.95. The molecule has 7 heteroatoms. The van der Waals surface area contributed by atoms with Crippen molar-refractivity contribution in [3.05, 3.63) is 42.1 Å². The van der Waals surface area contributed by atoms with Crippen molar-refractivity contribution in [2.75, 3.05) is 5.32 Å². The van der Waals surface area contributed by atoms with Crippen LogP contribution in [0.25, 0.3) is 0 Å². The molecule has 24 heavy (non-hydrogen) atoms. The number of aliphatic hydroxyl groups is 1. The van der Waals surface area contributed by atoms with Gasteiger partial charge in [0.2, 0.25) is 0 Å². The Morgan fingerprint density at radius 2 is 2.12 bits per heavy atom. The van der Waals surface area contributed by atoms with Gasteiger partial charge >= 0.3 is 0 Å². The van der Waals surface area contributed by atoms with Crippen LogP contribution in [0.1, 0.15) is 35.7 Å². The Bertz CT molecular complexity index is 765. The fourth-order valence-corrected chi connectivity index (χ4v) is 3.11. The van der Waals surface area contributed by atoms with Gasteiger partial charge in [0.25, 0.3) is 5.91 Å². The highest BCUT2D eigenvalue weighted by molar-refractivity contribution is 5.98. The minimum absolute atomic E-state index is 0.260. The first-order chi connectivity index (χ1) is 11.6. The number of aliphatic hydroxyl groups excluding tert-OH is 1. The summed E-state index contributed by atoms with van der Waals surface area (Å²) in [5, 5.41) is 26.9. The van der Waals surface area contributed by atoms with Gasteiger partial charge in [-0.1, -0.05) is 18.2 Å². The largest absolute Gasteiger partial charge is 0.392 e. The van der Waals surface area contributed by atoms with E-state index >= 15 is 0 Å². The Balaban J connectivity index is 1.94. The van der Waals surface area contributed by atoms with Crippen molar-refractivity contribution in [2.45, 2.75) is 31.4 Å². The lowest BCUT2D eigenvalue weighted by Crippen LogP contribution is -2.33. The quantitative estimate of drug-likeness (QED) is 0.794. The van der Waals surface area contributed by atoms with Crippen LogP contribution >= 0.6 is 0 Å². The standard InChI is InChI=1S/C17H19N5O2/c18-9-12-14(7-4-8-15(12)23)22-10-13(16(19)24)17(21-22)20-11-5-2-1-3-6-11/h1-3,5-6,10,12,14-15,23H,4,7-8H2,(H2,19,24)(H,20,21)/t12-,14?,15-/m1/s1. The Kier molecular flexibility index (Phi) is 4.49. The van der Waals surface area contributed by atoms with Gasteiger partial charge in [-0.3, -0.25) is 9.48 Å². The van der Waals surface area contributed by atoms with Crippen molar-refractivity contribution in [3.8, 4) is 6.07 Å². The first-order valence-corrected chi connectivity index (χ1v) is 7.89. The lowest BCUT2D eigenvalue weighted by Gasteiger charge is -2.31. The average Bonchev–Trinajstić information content (AvgIpc) is 2.99. The molecule has 0 radical (unpaired) electrons. The predicted molar refractivity (Wildman–Crippen MR) is 88.5 cm³/mol. The van der Waals surface area contributed by atoms with Gasteiger partial charge in [0.05, 0.1) is 24.1 Å². The first-order valence-electron chi connectivity index (χ1n) is 7.89. The maximum atomic E-state index is 11.7. The van der Waals surface area contributed by atoms with E-state index in [4.69, 9.17) is 5.73 Å². The van der Waals surface area contributed by atoms with Gasteiger partial charge in [-0.25, -0.2) is 0 Å². The molecule has 1 saturated carbocycles. The summed E-state index contributed by atoms with van der Waals surface area (Å²) in [4.78, 5) is 11.7. The molecular formula is C17H19N5O2. The van der Waals surface area contributed by atoms with Crippen molar-refractivity contribution in [1.29, 1.82) is 5.26 Å². The van der Waals surface area contributed by atoms with Crippen LogP contribution in [0.5, 0.6) is 0 Å². The van der Waals surface area contributed by atoms with E-state index in [0.717, 1.165) is 18.5 Å². The van der Waals surface area contributed by atoms with E-state index in [-0.39, 0.29) is 11.6 Å².